The number of nitro groups is 2. The summed E-state index contributed by atoms with van der Waals surface area (Å²) in [5.41, 5.74) is 1.86. The van der Waals surface area contributed by atoms with E-state index in [1.807, 2.05) is 46.9 Å². The van der Waals surface area contributed by atoms with Crippen molar-refractivity contribution in [3.05, 3.63) is 89.5 Å². The van der Waals surface area contributed by atoms with Crippen LogP contribution in [0.5, 0.6) is 17.2 Å². The van der Waals surface area contributed by atoms with E-state index in [0.717, 1.165) is 29.8 Å². The Labute approximate surface area is 197 Å². The summed E-state index contributed by atoms with van der Waals surface area (Å²) in [6.07, 6.45) is 2.64. The van der Waals surface area contributed by atoms with Gasteiger partial charge in [-0.05, 0) is 70.5 Å². The average Bonchev–Trinajstić information content (AvgIpc) is 2.79. The molecule has 164 valence electrons. The monoisotopic (exact) mass is 547 g/mol. The lowest BCUT2D eigenvalue weighted by Crippen LogP contribution is -1.99. The standard InChI is InChI=1S/C22H18IN3O6/c1-3-14-4-6-16(7-5-14)24-13-15-10-18(23)22(21(11-15)31-2)32-20-9-8-17(25(27)28)12-19(20)26(29)30/h4-13H,3H2,1-2H3. The Morgan fingerprint density at radius 3 is 2.31 bits per heavy atom. The van der Waals surface area contributed by atoms with Gasteiger partial charge in [-0.25, -0.2) is 0 Å². The van der Waals surface area contributed by atoms with E-state index in [1.165, 1.54) is 18.7 Å². The highest BCUT2D eigenvalue weighted by molar-refractivity contribution is 14.1. The molecular weight excluding hydrogens is 529 g/mol. The molecule has 0 amide bonds. The highest BCUT2D eigenvalue weighted by Gasteiger charge is 2.23. The van der Waals surface area contributed by atoms with Crippen LogP contribution in [0.4, 0.5) is 17.1 Å². The fourth-order valence-electron chi connectivity index (χ4n) is 2.84. The Balaban J connectivity index is 1.92. The maximum absolute atomic E-state index is 11.4. The van der Waals surface area contributed by atoms with Crippen molar-refractivity contribution in [3.63, 3.8) is 0 Å². The molecule has 0 N–H and O–H groups in total. The Kier molecular flexibility index (Phi) is 7.36. The number of benzene rings is 3. The topological polar surface area (TPSA) is 117 Å². The van der Waals surface area contributed by atoms with Crippen LogP contribution >= 0.6 is 22.6 Å². The van der Waals surface area contributed by atoms with Crippen molar-refractivity contribution < 1.29 is 19.3 Å². The molecule has 0 unspecified atom stereocenters. The van der Waals surface area contributed by atoms with E-state index in [4.69, 9.17) is 9.47 Å². The molecule has 3 aromatic carbocycles. The zero-order valence-corrected chi connectivity index (χ0v) is 19.3. The highest BCUT2D eigenvalue weighted by atomic mass is 127. The van der Waals surface area contributed by atoms with Crippen molar-refractivity contribution >= 4 is 45.9 Å². The third-order valence-electron chi connectivity index (χ3n) is 4.52. The number of aryl methyl sites for hydroxylation is 1. The largest absolute Gasteiger partial charge is 0.493 e. The molecule has 10 heteroatoms. The van der Waals surface area contributed by atoms with E-state index in [-0.39, 0.29) is 11.5 Å². The molecule has 32 heavy (non-hydrogen) atoms. The number of nitro benzene ring substituents is 2. The van der Waals surface area contributed by atoms with Gasteiger partial charge in [-0.1, -0.05) is 19.1 Å². The summed E-state index contributed by atoms with van der Waals surface area (Å²) in [4.78, 5) is 25.4. The van der Waals surface area contributed by atoms with Crippen molar-refractivity contribution in [1.82, 2.24) is 0 Å². The summed E-state index contributed by atoms with van der Waals surface area (Å²) in [7, 11) is 1.45. The van der Waals surface area contributed by atoms with Crippen molar-refractivity contribution in [2.75, 3.05) is 7.11 Å². The first kappa shape index (κ1) is 23.1. The lowest BCUT2D eigenvalue weighted by molar-refractivity contribution is -0.394. The molecule has 0 radical (unpaired) electrons. The number of hydrogen-bond acceptors (Lipinski definition) is 7. The Bertz CT molecular complexity index is 1200. The minimum absolute atomic E-state index is 0.130. The molecule has 0 atom stereocenters. The normalized spacial score (nSPS) is 10.8. The van der Waals surface area contributed by atoms with Crippen LogP contribution in [0.2, 0.25) is 0 Å². The lowest BCUT2D eigenvalue weighted by atomic mass is 10.1. The molecule has 3 aromatic rings. The number of nitrogens with zero attached hydrogens (tertiary/aromatic N) is 3. The van der Waals surface area contributed by atoms with E-state index in [9.17, 15) is 20.2 Å². The molecular formula is C22H18IN3O6. The van der Waals surface area contributed by atoms with E-state index >= 15 is 0 Å². The average molecular weight is 547 g/mol. The summed E-state index contributed by atoms with van der Waals surface area (Å²) < 4.78 is 11.8. The molecule has 0 aliphatic heterocycles. The maximum atomic E-state index is 11.4. The van der Waals surface area contributed by atoms with Gasteiger partial charge < -0.3 is 9.47 Å². The van der Waals surface area contributed by atoms with Gasteiger partial charge in [-0.3, -0.25) is 25.2 Å². The molecule has 9 nitrogen and oxygen atoms in total. The van der Waals surface area contributed by atoms with Crippen LogP contribution in [0.1, 0.15) is 18.1 Å². The van der Waals surface area contributed by atoms with Gasteiger partial charge in [-0.15, -0.1) is 0 Å². The van der Waals surface area contributed by atoms with Gasteiger partial charge in [-0.2, -0.15) is 0 Å². The fraction of sp³-hybridized carbons (Fsp3) is 0.136. The predicted octanol–water partition coefficient (Wildman–Crippen LogP) is 6.22. The predicted molar refractivity (Wildman–Crippen MR) is 129 cm³/mol. The second-order valence-corrected chi connectivity index (χ2v) is 7.74. The van der Waals surface area contributed by atoms with Gasteiger partial charge >= 0.3 is 5.69 Å². The summed E-state index contributed by atoms with van der Waals surface area (Å²) in [5, 5.41) is 22.3. The third-order valence-corrected chi connectivity index (χ3v) is 5.32. The van der Waals surface area contributed by atoms with Crippen LogP contribution in [0.25, 0.3) is 0 Å². The van der Waals surface area contributed by atoms with E-state index in [1.54, 1.807) is 18.3 Å². The van der Waals surface area contributed by atoms with Gasteiger partial charge in [0.15, 0.2) is 11.5 Å². The molecule has 3 rings (SSSR count). The van der Waals surface area contributed by atoms with Crippen molar-refractivity contribution in [3.8, 4) is 17.2 Å². The number of halogens is 1. The molecule has 0 spiro atoms. The van der Waals surface area contributed by atoms with Gasteiger partial charge in [0.2, 0.25) is 5.75 Å². The van der Waals surface area contributed by atoms with Crippen LogP contribution in [-0.4, -0.2) is 23.2 Å². The minimum atomic E-state index is -0.730. The van der Waals surface area contributed by atoms with Crippen LogP contribution in [0, 0.1) is 23.8 Å². The number of methoxy groups -OCH3 is 1. The van der Waals surface area contributed by atoms with E-state index in [0.29, 0.717) is 9.32 Å². The van der Waals surface area contributed by atoms with E-state index < -0.39 is 21.2 Å². The Morgan fingerprint density at radius 2 is 1.72 bits per heavy atom. The molecule has 0 bridgehead atoms. The molecule has 0 aliphatic rings. The molecule has 0 saturated carbocycles. The van der Waals surface area contributed by atoms with Gasteiger partial charge in [0.25, 0.3) is 5.69 Å². The van der Waals surface area contributed by atoms with E-state index in [2.05, 4.69) is 11.9 Å². The first-order valence-electron chi connectivity index (χ1n) is 9.43. The number of ether oxygens (including phenoxy) is 2. The Hall–Kier alpha value is -3.54. The number of rotatable bonds is 8. The Morgan fingerprint density at radius 1 is 1.00 bits per heavy atom. The zero-order valence-electron chi connectivity index (χ0n) is 17.1. The second kappa shape index (κ2) is 10.2. The lowest BCUT2D eigenvalue weighted by Gasteiger charge is -2.13. The van der Waals surface area contributed by atoms with Crippen molar-refractivity contribution in [2.45, 2.75) is 13.3 Å². The quantitative estimate of drug-likeness (QED) is 0.143. The van der Waals surface area contributed by atoms with Gasteiger partial charge in [0.1, 0.15) is 0 Å². The third kappa shape index (κ3) is 5.38. The number of hydrogen-bond donors (Lipinski definition) is 0. The number of non-ortho nitro benzene ring substituents is 1. The minimum Gasteiger partial charge on any atom is -0.493 e. The van der Waals surface area contributed by atoms with Crippen molar-refractivity contribution in [1.29, 1.82) is 0 Å². The summed E-state index contributed by atoms with van der Waals surface area (Å²) in [6.45, 7) is 2.08. The van der Waals surface area contributed by atoms with Crippen LogP contribution in [0.3, 0.4) is 0 Å². The highest BCUT2D eigenvalue weighted by Crippen LogP contribution is 2.41. The molecule has 0 heterocycles. The maximum Gasteiger partial charge on any atom is 0.318 e. The summed E-state index contributed by atoms with van der Waals surface area (Å²) >= 11 is 2.03. The zero-order chi connectivity index (χ0) is 23.3. The van der Waals surface area contributed by atoms with Crippen LogP contribution in [-0.2, 0) is 6.42 Å². The van der Waals surface area contributed by atoms with Gasteiger partial charge in [0.05, 0.1) is 32.3 Å². The second-order valence-electron chi connectivity index (χ2n) is 6.58. The number of aliphatic imine (C=N–C) groups is 1. The van der Waals surface area contributed by atoms with Crippen molar-refractivity contribution in [2.24, 2.45) is 4.99 Å². The smallest absolute Gasteiger partial charge is 0.318 e. The van der Waals surface area contributed by atoms with Crippen LogP contribution in [0.15, 0.2) is 59.6 Å². The summed E-state index contributed by atoms with van der Waals surface area (Å²) in [5.74, 6) is 0.469. The molecule has 0 saturated heterocycles. The van der Waals surface area contributed by atoms with Gasteiger partial charge in [0, 0.05) is 12.3 Å². The SMILES string of the molecule is CCc1ccc(N=Cc2cc(I)c(Oc3ccc([N+](=O)[O-])cc3[N+](=O)[O-])c(OC)c2)cc1. The summed E-state index contributed by atoms with van der Waals surface area (Å²) in [6, 6.07) is 14.6. The first-order valence-corrected chi connectivity index (χ1v) is 10.5. The fourth-order valence-corrected chi connectivity index (χ4v) is 3.57. The molecule has 0 fully saturated rings. The first-order chi connectivity index (χ1) is 15.3. The molecule has 0 aromatic heterocycles. The molecule has 0 aliphatic carbocycles. The van der Waals surface area contributed by atoms with Crippen LogP contribution < -0.4 is 9.47 Å².